The highest BCUT2D eigenvalue weighted by molar-refractivity contribution is 4.88. The highest BCUT2D eigenvalue weighted by Crippen LogP contribution is 2.20. The number of hydrogen-bond acceptors (Lipinski definition) is 4. The quantitative estimate of drug-likeness (QED) is 0.723. The fourth-order valence-electron chi connectivity index (χ4n) is 2.52. The molecular weight excluding hydrogens is 226 g/mol. The number of aliphatic hydroxyl groups is 1. The van der Waals surface area contributed by atoms with Gasteiger partial charge in [-0.2, -0.15) is 5.26 Å². The Morgan fingerprint density at radius 3 is 2.67 bits per heavy atom. The Bertz CT molecular complexity index is 280. The zero-order chi connectivity index (χ0) is 13.6. The van der Waals surface area contributed by atoms with E-state index >= 15 is 0 Å². The molecular formula is C14H27N3O. The van der Waals surface area contributed by atoms with Crippen LogP contribution in [-0.2, 0) is 0 Å². The number of aliphatic hydroxyl groups excluding tert-OH is 1. The Hall–Kier alpha value is -0.630. The van der Waals surface area contributed by atoms with Crippen LogP contribution in [0, 0.1) is 22.7 Å². The number of nitriles is 1. The summed E-state index contributed by atoms with van der Waals surface area (Å²) >= 11 is 0. The largest absolute Gasteiger partial charge is 0.396 e. The van der Waals surface area contributed by atoms with Crippen molar-refractivity contribution >= 4 is 0 Å². The van der Waals surface area contributed by atoms with Gasteiger partial charge in [0, 0.05) is 32.3 Å². The van der Waals surface area contributed by atoms with Gasteiger partial charge < -0.3 is 10.4 Å². The van der Waals surface area contributed by atoms with Crippen molar-refractivity contribution in [1.29, 1.82) is 5.26 Å². The lowest BCUT2D eigenvalue weighted by molar-refractivity contribution is 0.127. The predicted molar refractivity (Wildman–Crippen MR) is 73.1 cm³/mol. The van der Waals surface area contributed by atoms with E-state index in [4.69, 9.17) is 10.4 Å². The molecule has 0 saturated carbocycles. The molecule has 0 aromatic carbocycles. The lowest BCUT2D eigenvalue weighted by Crippen LogP contribution is -2.50. The number of nitrogens with zero attached hydrogens (tertiary/aromatic N) is 2. The fraction of sp³-hybridized carbons (Fsp3) is 0.929. The van der Waals surface area contributed by atoms with Gasteiger partial charge in [-0.25, -0.2) is 0 Å². The lowest BCUT2D eigenvalue weighted by atomic mass is 9.90. The van der Waals surface area contributed by atoms with Gasteiger partial charge in [0.1, 0.15) is 0 Å². The molecule has 1 aliphatic heterocycles. The molecule has 1 aliphatic rings. The Kier molecular flexibility index (Phi) is 6.07. The second-order valence-electron chi connectivity index (χ2n) is 6.60. The van der Waals surface area contributed by atoms with Gasteiger partial charge in [0.15, 0.2) is 0 Å². The molecule has 0 spiro atoms. The van der Waals surface area contributed by atoms with E-state index in [0.29, 0.717) is 18.5 Å². The molecule has 0 radical (unpaired) electrons. The monoisotopic (exact) mass is 253 g/mol. The molecule has 104 valence electrons. The molecule has 2 unspecified atom stereocenters. The molecule has 18 heavy (non-hydrogen) atoms. The summed E-state index contributed by atoms with van der Waals surface area (Å²) in [4.78, 5) is 2.20. The Labute approximate surface area is 111 Å². The van der Waals surface area contributed by atoms with E-state index < -0.39 is 0 Å². The second kappa shape index (κ2) is 7.08. The highest BCUT2D eigenvalue weighted by atomic mass is 16.3. The predicted octanol–water partition coefficient (Wildman–Crippen LogP) is 1.22. The molecule has 1 rings (SSSR count). The molecule has 1 heterocycles. The van der Waals surface area contributed by atoms with Crippen LogP contribution in [0.3, 0.4) is 0 Å². The van der Waals surface area contributed by atoms with Gasteiger partial charge in [0.05, 0.1) is 12.6 Å². The first-order valence-electron chi connectivity index (χ1n) is 6.88. The summed E-state index contributed by atoms with van der Waals surface area (Å²) < 4.78 is 0. The summed E-state index contributed by atoms with van der Waals surface area (Å²) in [6, 6.07) is 2.68. The van der Waals surface area contributed by atoms with Crippen LogP contribution < -0.4 is 5.32 Å². The van der Waals surface area contributed by atoms with Crippen molar-refractivity contribution in [3.8, 4) is 6.07 Å². The zero-order valence-electron chi connectivity index (χ0n) is 11.9. The Morgan fingerprint density at radius 2 is 2.11 bits per heavy atom. The van der Waals surface area contributed by atoms with Gasteiger partial charge in [-0.05, 0) is 24.2 Å². The van der Waals surface area contributed by atoms with Crippen LogP contribution in [0.4, 0.5) is 0 Å². The number of piperidine rings is 1. The molecule has 0 aromatic rings. The number of hydrogen-bond donors (Lipinski definition) is 2. The standard InChI is InChI=1S/C14H27N3O/c1-14(2,3)11-16-13-8-12(4-7-18)9-17(10-13)6-5-15/h12-13,16,18H,4,6-11H2,1-3H3. The molecule has 1 saturated heterocycles. The number of nitrogens with one attached hydrogen (secondary N) is 1. The van der Waals surface area contributed by atoms with E-state index in [2.05, 4.69) is 37.1 Å². The van der Waals surface area contributed by atoms with Crippen molar-refractivity contribution in [3.05, 3.63) is 0 Å². The van der Waals surface area contributed by atoms with Crippen LogP contribution in [0.2, 0.25) is 0 Å². The summed E-state index contributed by atoms with van der Waals surface area (Å²) in [7, 11) is 0. The van der Waals surface area contributed by atoms with Crippen molar-refractivity contribution in [2.24, 2.45) is 11.3 Å². The van der Waals surface area contributed by atoms with E-state index in [1.54, 1.807) is 0 Å². The first-order valence-corrected chi connectivity index (χ1v) is 6.88. The minimum absolute atomic E-state index is 0.247. The van der Waals surface area contributed by atoms with Crippen molar-refractivity contribution in [2.75, 3.05) is 32.8 Å². The van der Waals surface area contributed by atoms with E-state index in [0.717, 1.165) is 32.5 Å². The van der Waals surface area contributed by atoms with Crippen LogP contribution >= 0.6 is 0 Å². The van der Waals surface area contributed by atoms with Crippen molar-refractivity contribution in [2.45, 2.75) is 39.7 Å². The van der Waals surface area contributed by atoms with E-state index in [1.165, 1.54) is 0 Å². The molecule has 0 aromatic heterocycles. The van der Waals surface area contributed by atoms with Gasteiger partial charge in [-0.15, -0.1) is 0 Å². The van der Waals surface area contributed by atoms with Gasteiger partial charge in [-0.3, -0.25) is 4.90 Å². The normalized spacial score (nSPS) is 25.9. The SMILES string of the molecule is CC(C)(C)CNC1CC(CCO)CN(CC#N)C1. The van der Waals surface area contributed by atoms with Crippen LogP contribution in [0.25, 0.3) is 0 Å². The zero-order valence-corrected chi connectivity index (χ0v) is 11.9. The Morgan fingerprint density at radius 1 is 1.39 bits per heavy atom. The van der Waals surface area contributed by atoms with Crippen molar-refractivity contribution < 1.29 is 5.11 Å². The highest BCUT2D eigenvalue weighted by Gasteiger charge is 2.27. The molecule has 2 N–H and O–H groups in total. The van der Waals surface area contributed by atoms with Gasteiger partial charge in [0.2, 0.25) is 0 Å². The summed E-state index contributed by atoms with van der Waals surface area (Å²) in [6.45, 7) is 10.3. The maximum atomic E-state index is 9.08. The average Bonchev–Trinajstić information content (AvgIpc) is 2.26. The fourth-order valence-corrected chi connectivity index (χ4v) is 2.52. The Balaban J connectivity index is 2.48. The van der Waals surface area contributed by atoms with E-state index in [1.807, 2.05) is 0 Å². The molecule has 4 heteroatoms. The molecule has 0 amide bonds. The number of likely N-dealkylation sites (tertiary alicyclic amines) is 1. The van der Waals surface area contributed by atoms with E-state index in [-0.39, 0.29) is 12.0 Å². The van der Waals surface area contributed by atoms with Crippen LogP contribution in [0.5, 0.6) is 0 Å². The molecule has 2 atom stereocenters. The third kappa shape index (κ3) is 5.81. The van der Waals surface area contributed by atoms with Crippen LogP contribution in [0.15, 0.2) is 0 Å². The topological polar surface area (TPSA) is 59.3 Å². The van der Waals surface area contributed by atoms with Gasteiger partial charge in [-0.1, -0.05) is 20.8 Å². The average molecular weight is 253 g/mol. The van der Waals surface area contributed by atoms with Gasteiger partial charge >= 0.3 is 0 Å². The minimum atomic E-state index is 0.247. The minimum Gasteiger partial charge on any atom is -0.396 e. The first-order chi connectivity index (χ1) is 8.44. The van der Waals surface area contributed by atoms with E-state index in [9.17, 15) is 0 Å². The third-order valence-electron chi connectivity index (χ3n) is 3.37. The smallest absolute Gasteiger partial charge is 0.0866 e. The molecule has 4 nitrogen and oxygen atoms in total. The van der Waals surface area contributed by atoms with Crippen LogP contribution in [-0.4, -0.2) is 48.8 Å². The number of rotatable bonds is 5. The summed E-state index contributed by atoms with van der Waals surface area (Å²) in [5, 5.41) is 21.5. The third-order valence-corrected chi connectivity index (χ3v) is 3.37. The summed E-state index contributed by atoms with van der Waals surface area (Å²) in [6.07, 6.45) is 1.95. The maximum Gasteiger partial charge on any atom is 0.0866 e. The van der Waals surface area contributed by atoms with Crippen LogP contribution in [0.1, 0.15) is 33.6 Å². The molecule has 1 fully saturated rings. The van der Waals surface area contributed by atoms with Gasteiger partial charge in [0.25, 0.3) is 0 Å². The molecule has 0 bridgehead atoms. The lowest BCUT2D eigenvalue weighted by Gasteiger charge is -2.38. The maximum absolute atomic E-state index is 9.08. The van der Waals surface area contributed by atoms with Crippen molar-refractivity contribution in [3.63, 3.8) is 0 Å². The first kappa shape index (κ1) is 15.4. The molecule has 0 aliphatic carbocycles. The second-order valence-corrected chi connectivity index (χ2v) is 6.60. The van der Waals surface area contributed by atoms with Crippen molar-refractivity contribution in [1.82, 2.24) is 10.2 Å². The summed E-state index contributed by atoms with van der Waals surface area (Å²) in [5.74, 6) is 0.509. The summed E-state index contributed by atoms with van der Waals surface area (Å²) in [5.41, 5.74) is 0.282.